The highest BCUT2D eigenvalue weighted by atomic mass is 35.5. The molecule has 29 heavy (non-hydrogen) atoms. The fourth-order valence-corrected chi connectivity index (χ4v) is 4.23. The minimum atomic E-state index is 0.216. The number of thiophene rings is 1. The number of nitrogens with zero attached hydrogens (tertiary/aromatic N) is 3. The molecule has 0 aliphatic carbocycles. The molecule has 1 aromatic carbocycles. The standard InChI is InChI=1S/C20H24ClN3O4S/c1-25-9-7-24(8-10-26-2)18-17-14(12-29-19(17)23-20(21)22-18)13-5-6-15(27-3)16(11-13)28-4/h5-6,11-12H,7-10H2,1-4H3. The molecule has 156 valence electrons. The van der Waals surface area contributed by atoms with Crippen LogP contribution in [0.5, 0.6) is 11.5 Å². The van der Waals surface area contributed by atoms with E-state index in [9.17, 15) is 0 Å². The second-order valence-electron chi connectivity index (χ2n) is 6.19. The summed E-state index contributed by atoms with van der Waals surface area (Å²) in [5.74, 6) is 2.11. The molecule has 0 bridgehead atoms. The van der Waals surface area contributed by atoms with Crippen molar-refractivity contribution in [1.29, 1.82) is 0 Å². The fraction of sp³-hybridized carbons (Fsp3) is 0.400. The molecule has 0 atom stereocenters. The van der Waals surface area contributed by atoms with Gasteiger partial charge in [-0.1, -0.05) is 6.07 Å². The highest BCUT2D eigenvalue weighted by Crippen LogP contribution is 2.41. The Morgan fingerprint density at radius 1 is 0.966 bits per heavy atom. The Morgan fingerprint density at radius 2 is 1.66 bits per heavy atom. The number of ether oxygens (including phenoxy) is 4. The lowest BCUT2D eigenvalue weighted by atomic mass is 10.0. The Hall–Kier alpha value is -2.13. The number of halogens is 1. The maximum atomic E-state index is 6.24. The van der Waals surface area contributed by atoms with Gasteiger partial charge in [-0.2, -0.15) is 4.98 Å². The van der Waals surface area contributed by atoms with Crippen molar-refractivity contribution in [3.8, 4) is 22.6 Å². The van der Waals surface area contributed by atoms with E-state index in [0.29, 0.717) is 37.8 Å². The van der Waals surface area contributed by atoms with Gasteiger partial charge in [-0.05, 0) is 29.3 Å². The monoisotopic (exact) mass is 437 g/mol. The summed E-state index contributed by atoms with van der Waals surface area (Å²) in [6.45, 7) is 2.43. The number of rotatable bonds is 10. The van der Waals surface area contributed by atoms with Crippen molar-refractivity contribution < 1.29 is 18.9 Å². The van der Waals surface area contributed by atoms with Gasteiger partial charge in [0, 0.05) is 38.3 Å². The van der Waals surface area contributed by atoms with Crippen molar-refractivity contribution in [2.45, 2.75) is 0 Å². The van der Waals surface area contributed by atoms with Crippen LogP contribution in [0, 0.1) is 0 Å². The molecular weight excluding hydrogens is 414 g/mol. The lowest BCUT2D eigenvalue weighted by molar-refractivity contribution is 0.190. The first-order valence-electron chi connectivity index (χ1n) is 9.02. The summed E-state index contributed by atoms with van der Waals surface area (Å²) in [7, 11) is 6.60. The molecule has 3 rings (SSSR count). The van der Waals surface area contributed by atoms with Crippen molar-refractivity contribution >= 4 is 39.0 Å². The van der Waals surface area contributed by atoms with Crippen LogP contribution in [0.15, 0.2) is 23.6 Å². The SMILES string of the molecule is COCCN(CCOC)c1nc(Cl)nc2scc(-c3ccc(OC)c(OC)c3)c12. The van der Waals surface area contributed by atoms with E-state index in [4.69, 9.17) is 30.5 Å². The number of fused-ring (bicyclic) bond motifs is 1. The molecule has 0 spiro atoms. The van der Waals surface area contributed by atoms with Crippen LogP contribution >= 0.6 is 22.9 Å². The maximum absolute atomic E-state index is 6.24. The molecule has 7 nitrogen and oxygen atoms in total. The quantitative estimate of drug-likeness (QED) is 0.442. The van der Waals surface area contributed by atoms with Gasteiger partial charge in [0.25, 0.3) is 0 Å². The first-order valence-corrected chi connectivity index (χ1v) is 10.3. The maximum Gasteiger partial charge on any atom is 0.225 e. The highest BCUT2D eigenvalue weighted by Gasteiger charge is 2.20. The lowest BCUT2D eigenvalue weighted by Crippen LogP contribution is -2.31. The molecule has 0 radical (unpaired) electrons. The van der Waals surface area contributed by atoms with Gasteiger partial charge >= 0.3 is 0 Å². The third-order valence-corrected chi connectivity index (χ3v) is 5.55. The third-order valence-electron chi connectivity index (χ3n) is 4.51. The predicted octanol–water partition coefficient (Wildman–Crippen LogP) is 4.13. The zero-order chi connectivity index (χ0) is 20.8. The van der Waals surface area contributed by atoms with Gasteiger partial charge in [0.1, 0.15) is 10.6 Å². The van der Waals surface area contributed by atoms with Crippen molar-refractivity contribution in [1.82, 2.24) is 9.97 Å². The van der Waals surface area contributed by atoms with E-state index >= 15 is 0 Å². The van der Waals surface area contributed by atoms with E-state index in [-0.39, 0.29) is 5.28 Å². The van der Waals surface area contributed by atoms with Crippen LogP contribution in [0.3, 0.4) is 0 Å². The molecule has 2 heterocycles. The van der Waals surface area contributed by atoms with Gasteiger partial charge in [0.15, 0.2) is 11.5 Å². The second-order valence-corrected chi connectivity index (χ2v) is 7.38. The Kier molecular flexibility index (Phi) is 7.49. The number of benzene rings is 1. The summed E-state index contributed by atoms with van der Waals surface area (Å²) < 4.78 is 21.4. The second kappa shape index (κ2) is 10.1. The summed E-state index contributed by atoms with van der Waals surface area (Å²) >= 11 is 7.77. The Labute approximate surface area is 179 Å². The molecule has 0 amide bonds. The van der Waals surface area contributed by atoms with E-state index < -0.39 is 0 Å². The van der Waals surface area contributed by atoms with Crippen molar-refractivity contribution in [3.05, 3.63) is 28.9 Å². The molecule has 3 aromatic rings. The molecule has 0 unspecified atom stereocenters. The first kappa shape index (κ1) is 21.6. The van der Waals surface area contributed by atoms with E-state index in [0.717, 1.165) is 27.2 Å². The van der Waals surface area contributed by atoms with Crippen molar-refractivity contribution in [2.24, 2.45) is 0 Å². The summed E-state index contributed by atoms with van der Waals surface area (Å²) in [6.07, 6.45) is 0. The normalized spacial score (nSPS) is 11.1. The van der Waals surface area contributed by atoms with Gasteiger partial charge in [-0.3, -0.25) is 0 Å². The molecule has 0 aliphatic rings. The largest absolute Gasteiger partial charge is 0.493 e. The van der Waals surface area contributed by atoms with Gasteiger partial charge in [-0.15, -0.1) is 11.3 Å². The highest BCUT2D eigenvalue weighted by molar-refractivity contribution is 7.17. The number of methoxy groups -OCH3 is 4. The summed E-state index contributed by atoms with van der Waals surface area (Å²) in [5, 5.41) is 3.22. The van der Waals surface area contributed by atoms with Crippen LogP contribution in [-0.2, 0) is 9.47 Å². The van der Waals surface area contributed by atoms with Crippen molar-refractivity contribution in [3.63, 3.8) is 0 Å². The number of hydrogen-bond donors (Lipinski definition) is 0. The average Bonchev–Trinajstić information content (AvgIpc) is 3.16. The lowest BCUT2D eigenvalue weighted by Gasteiger charge is -2.24. The predicted molar refractivity (Wildman–Crippen MR) is 117 cm³/mol. The van der Waals surface area contributed by atoms with Crippen LogP contribution < -0.4 is 14.4 Å². The van der Waals surface area contributed by atoms with E-state index in [1.165, 1.54) is 11.3 Å². The van der Waals surface area contributed by atoms with Crippen LogP contribution in [0.2, 0.25) is 5.28 Å². The zero-order valence-corrected chi connectivity index (χ0v) is 18.5. The summed E-state index contributed by atoms with van der Waals surface area (Å²) in [6, 6.07) is 5.84. The summed E-state index contributed by atoms with van der Waals surface area (Å²) in [5.41, 5.74) is 2.00. The molecule has 0 N–H and O–H groups in total. The topological polar surface area (TPSA) is 65.9 Å². The van der Waals surface area contributed by atoms with Gasteiger partial charge in [-0.25, -0.2) is 4.98 Å². The smallest absolute Gasteiger partial charge is 0.225 e. The van der Waals surface area contributed by atoms with E-state index in [1.54, 1.807) is 28.4 Å². The van der Waals surface area contributed by atoms with Crippen LogP contribution in [0.1, 0.15) is 0 Å². The van der Waals surface area contributed by atoms with E-state index in [2.05, 4.69) is 20.2 Å². The number of anilines is 1. The van der Waals surface area contributed by atoms with Gasteiger partial charge in [0.05, 0.1) is 32.8 Å². The molecule has 0 saturated heterocycles. The van der Waals surface area contributed by atoms with E-state index in [1.807, 2.05) is 18.2 Å². The van der Waals surface area contributed by atoms with Crippen molar-refractivity contribution in [2.75, 3.05) is 59.6 Å². The third kappa shape index (κ3) is 4.72. The van der Waals surface area contributed by atoms with Crippen LogP contribution in [0.4, 0.5) is 5.82 Å². The fourth-order valence-electron chi connectivity index (χ4n) is 3.07. The van der Waals surface area contributed by atoms with Crippen LogP contribution in [0.25, 0.3) is 21.3 Å². The Balaban J connectivity index is 2.15. The minimum absolute atomic E-state index is 0.216. The number of aromatic nitrogens is 2. The van der Waals surface area contributed by atoms with Gasteiger partial charge < -0.3 is 23.8 Å². The molecular formula is C20H24ClN3O4S. The average molecular weight is 438 g/mol. The minimum Gasteiger partial charge on any atom is -0.493 e. The number of hydrogen-bond acceptors (Lipinski definition) is 8. The van der Waals surface area contributed by atoms with Gasteiger partial charge in [0.2, 0.25) is 5.28 Å². The summed E-state index contributed by atoms with van der Waals surface area (Å²) in [4.78, 5) is 11.9. The first-order chi connectivity index (χ1) is 14.1. The molecule has 0 saturated carbocycles. The molecule has 2 aromatic heterocycles. The molecule has 9 heteroatoms. The Morgan fingerprint density at radius 3 is 2.28 bits per heavy atom. The molecule has 0 aliphatic heterocycles. The molecule has 0 fully saturated rings. The zero-order valence-electron chi connectivity index (χ0n) is 16.9. The van der Waals surface area contributed by atoms with Crippen LogP contribution in [-0.4, -0.2) is 64.7 Å². The Bertz CT molecular complexity index is 958.